The van der Waals surface area contributed by atoms with E-state index in [1.54, 1.807) is 0 Å². The van der Waals surface area contributed by atoms with Crippen LogP contribution in [-0.4, -0.2) is 59.3 Å². The fourth-order valence-electron chi connectivity index (χ4n) is 1.91. The molecule has 0 amide bonds. The quantitative estimate of drug-likeness (QED) is 0.500. The lowest BCUT2D eigenvalue weighted by atomic mass is 10.00. The molecule has 0 fully saturated rings. The van der Waals surface area contributed by atoms with Crippen molar-refractivity contribution in [2.75, 3.05) is 20.3 Å². The van der Waals surface area contributed by atoms with Crippen molar-refractivity contribution in [2.45, 2.75) is 25.3 Å². The molecule has 0 aromatic heterocycles. The highest BCUT2D eigenvalue weighted by molar-refractivity contribution is 6.01. The summed E-state index contributed by atoms with van der Waals surface area (Å²) in [6, 6.07) is -1.24. The van der Waals surface area contributed by atoms with Crippen LogP contribution in [0.1, 0.15) is 19.3 Å². The fourth-order valence-corrected chi connectivity index (χ4v) is 1.91. The number of aliphatic imine (C=N–C) groups is 1. The van der Waals surface area contributed by atoms with Gasteiger partial charge in [0.15, 0.2) is 11.8 Å². The second-order valence-corrected chi connectivity index (χ2v) is 4.23. The predicted molar refractivity (Wildman–Crippen MR) is 69.5 cm³/mol. The number of nitrogens with one attached hydrogen (secondary N) is 1. The third kappa shape index (κ3) is 4.23. The van der Waals surface area contributed by atoms with Crippen LogP contribution in [0, 0.1) is 0 Å². The number of carboxylic acids is 2. The number of carboxylic acid groups (broad SMARTS) is 2. The first kappa shape index (κ1) is 16.0. The zero-order chi connectivity index (χ0) is 15.1. The number of allylic oxidation sites excluding steroid dienone is 2. The normalized spacial score (nSPS) is 18.8. The molecular formula is C12H18N2O6. The number of aliphatic hydroxyl groups excluding tert-OH is 1. The second kappa shape index (κ2) is 7.49. The van der Waals surface area contributed by atoms with E-state index in [1.807, 2.05) is 0 Å². The summed E-state index contributed by atoms with van der Waals surface area (Å²) < 4.78 is 5.19. The van der Waals surface area contributed by atoms with Crippen LogP contribution in [0.3, 0.4) is 0 Å². The van der Waals surface area contributed by atoms with Crippen molar-refractivity contribution in [3.63, 3.8) is 0 Å². The Hall–Kier alpha value is -2.09. The predicted octanol–water partition coefficient (Wildman–Crippen LogP) is -0.411. The maximum Gasteiger partial charge on any atom is 0.330 e. The summed E-state index contributed by atoms with van der Waals surface area (Å²) >= 11 is 0. The Bertz CT molecular complexity index is 443. The van der Waals surface area contributed by atoms with Crippen LogP contribution in [0.25, 0.3) is 0 Å². The SMILES string of the molecule is COC1=C(NCC(=O)O)CCC/C1=N\C(CO)C(=O)O. The molecule has 0 aromatic carbocycles. The number of nitrogens with zero attached hydrogens (tertiary/aromatic N) is 1. The van der Waals surface area contributed by atoms with Crippen molar-refractivity contribution in [2.24, 2.45) is 4.99 Å². The number of aliphatic carboxylic acids is 2. The summed E-state index contributed by atoms with van der Waals surface area (Å²) in [7, 11) is 1.41. The van der Waals surface area contributed by atoms with Crippen LogP contribution in [-0.2, 0) is 14.3 Å². The Morgan fingerprint density at radius 2 is 2.10 bits per heavy atom. The summed E-state index contributed by atoms with van der Waals surface area (Å²) in [6.45, 7) is -0.856. The van der Waals surface area contributed by atoms with Gasteiger partial charge in [-0.15, -0.1) is 0 Å². The van der Waals surface area contributed by atoms with Crippen molar-refractivity contribution in [1.29, 1.82) is 0 Å². The zero-order valence-electron chi connectivity index (χ0n) is 11.1. The van der Waals surface area contributed by atoms with E-state index in [0.717, 1.165) is 0 Å². The van der Waals surface area contributed by atoms with Crippen LogP contribution < -0.4 is 5.32 Å². The highest BCUT2D eigenvalue weighted by atomic mass is 16.5. The molecule has 1 rings (SSSR count). The first-order valence-electron chi connectivity index (χ1n) is 6.13. The molecule has 0 spiro atoms. The summed E-state index contributed by atoms with van der Waals surface area (Å²) in [5, 5.41) is 29.3. The van der Waals surface area contributed by atoms with Crippen molar-refractivity contribution in [3.05, 3.63) is 11.5 Å². The lowest BCUT2D eigenvalue weighted by Crippen LogP contribution is -2.30. The van der Waals surface area contributed by atoms with Gasteiger partial charge >= 0.3 is 11.9 Å². The third-order valence-electron chi connectivity index (χ3n) is 2.80. The molecule has 0 aliphatic heterocycles. The van der Waals surface area contributed by atoms with Crippen LogP contribution in [0.4, 0.5) is 0 Å². The van der Waals surface area contributed by atoms with Gasteiger partial charge in [0.05, 0.1) is 25.1 Å². The van der Waals surface area contributed by atoms with E-state index < -0.39 is 24.6 Å². The monoisotopic (exact) mass is 286 g/mol. The number of ether oxygens (including phenoxy) is 1. The molecular weight excluding hydrogens is 268 g/mol. The minimum Gasteiger partial charge on any atom is -0.493 e. The zero-order valence-corrected chi connectivity index (χ0v) is 11.1. The molecule has 1 aliphatic rings. The minimum atomic E-state index is -1.24. The summed E-state index contributed by atoms with van der Waals surface area (Å²) in [5.74, 6) is -1.87. The van der Waals surface area contributed by atoms with Gasteiger partial charge in [0.1, 0.15) is 6.54 Å². The van der Waals surface area contributed by atoms with Gasteiger partial charge in [0.2, 0.25) is 0 Å². The number of hydrogen-bond donors (Lipinski definition) is 4. The van der Waals surface area contributed by atoms with Gasteiger partial charge in [-0.1, -0.05) is 0 Å². The Morgan fingerprint density at radius 3 is 2.60 bits per heavy atom. The molecule has 8 nitrogen and oxygen atoms in total. The van der Waals surface area contributed by atoms with E-state index in [1.165, 1.54) is 7.11 Å². The van der Waals surface area contributed by atoms with Crippen molar-refractivity contribution < 1.29 is 29.6 Å². The van der Waals surface area contributed by atoms with E-state index in [0.29, 0.717) is 36.4 Å². The highest BCUT2D eigenvalue weighted by Crippen LogP contribution is 2.22. The summed E-state index contributed by atoms with van der Waals surface area (Å²) in [5.41, 5.74) is 1.01. The first-order chi connectivity index (χ1) is 9.49. The van der Waals surface area contributed by atoms with E-state index >= 15 is 0 Å². The van der Waals surface area contributed by atoms with Gasteiger partial charge in [0, 0.05) is 0 Å². The maximum atomic E-state index is 10.9. The molecule has 0 radical (unpaired) electrons. The van der Waals surface area contributed by atoms with Gasteiger partial charge in [-0.3, -0.25) is 9.79 Å². The van der Waals surface area contributed by atoms with Gasteiger partial charge in [-0.05, 0) is 19.3 Å². The molecule has 0 saturated carbocycles. The van der Waals surface area contributed by atoms with Crippen LogP contribution in [0.2, 0.25) is 0 Å². The standard InChI is InChI=1S/C12H18N2O6/c1-20-11-7(13-5-10(16)17)3-2-4-8(11)14-9(6-15)12(18)19/h9,13,15H,2-6H2,1H3,(H,16,17)(H,18,19)/b14-8+. The topological polar surface area (TPSA) is 128 Å². The Balaban J connectivity index is 3.00. The van der Waals surface area contributed by atoms with Gasteiger partial charge in [0.25, 0.3) is 0 Å². The Labute approximate surface area is 115 Å². The van der Waals surface area contributed by atoms with E-state index in [-0.39, 0.29) is 6.54 Å². The molecule has 1 atom stereocenters. The molecule has 0 saturated heterocycles. The van der Waals surface area contributed by atoms with E-state index in [2.05, 4.69) is 10.3 Å². The molecule has 8 heteroatoms. The van der Waals surface area contributed by atoms with E-state index in [4.69, 9.17) is 20.1 Å². The second-order valence-electron chi connectivity index (χ2n) is 4.23. The van der Waals surface area contributed by atoms with Crippen LogP contribution >= 0.6 is 0 Å². The van der Waals surface area contributed by atoms with Crippen LogP contribution in [0.5, 0.6) is 0 Å². The molecule has 1 aliphatic carbocycles. The van der Waals surface area contributed by atoms with Gasteiger partial charge < -0.3 is 25.4 Å². The Morgan fingerprint density at radius 1 is 1.40 bits per heavy atom. The lowest BCUT2D eigenvalue weighted by Gasteiger charge is -2.22. The average molecular weight is 286 g/mol. The highest BCUT2D eigenvalue weighted by Gasteiger charge is 2.23. The summed E-state index contributed by atoms with van der Waals surface area (Å²) in [6.07, 6.45) is 1.82. The molecule has 0 heterocycles. The summed E-state index contributed by atoms with van der Waals surface area (Å²) in [4.78, 5) is 25.4. The maximum absolute atomic E-state index is 10.9. The molecule has 0 aromatic rings. The van der Waals surface area contributed by atoms with Crippen LogP contribution in [0.15, 0.2) is 16.4 Å². The smallest absolute Gasteiger partial charge is 0.330 e. The van der Waals surface area contributed by atoms with Crippen molar-refractivity contribution >= 4 is 17.7 Å². The van der Waals surface area contributed by atoms with Gasteiger partial charge in [-0.25, -0.2) is 4.79 Å². The molecule has 1 unspecified atom stereocenters. The number of rotatable bonds is 7. The molecule has 20 heavy (non-hydrogen) atoms. The Kier molecular flexibility index (Phi) is 5.98. The number of aliphatic hydroxyl groups is 1. The molecule has 4 N–H and O–H groups in total. The minimum absolute atomic E-state index is 0.252. The largest absolute Gasteiger partial charge is 0.493 e. The number of carbonyl (C=O) groups is 2. The fraction of sp³-hybridized carbons (Fsp3) is 0.583. The molecule has 0 bridgehead atoms. The van der Waals surface area contributed by atoms with Gasteiger partial charge in [-0.2, -0.15) is 0 Å². The number of hydrogen-bond acceptors (Lipinski definition) is 6. The van der Waals surface area contributed by atoms with Crippen molar-refractivity contribution in [3.8, 4) is 0 Å². The van der Waals surface area contributed by atoms with E-state index in [9.17, 15) is 9.59 Å². The lowest BCUT2D eigenvalue weighted by molar-refractivity contribution is -0.139. The number of methoxy groups -OCH3 is 1. The molecule has 112 valence electrons. The average Bonchev–Trinajstić information content (AvgIpc) is 2.41. The first-order valence-corrected chi connectivity index (χ1v) is 6.13. The van der Waals surface area contributed by atoms with Crippen molar-refractivity contribution in [1.82, 2.24) is 5.32 Å². The third-order valence-corrected chi connectivity index (χ3v) is 2.80.